The van der Waals surface area contributed by atoms with Crippen molar-refractivity contribution in [3.05, 3.63) is 93.8 Å². The molecule has 0 amide bonds. The zero-order chi connectivity index (χ0) is 24.1. The van der Waals surface area contributed by atoms with Crippen LogP contribution in [0.4, 0.5) is 4.39 Å². The lowest BCUT2D eigenvalue weighted by atomic mass is 10.0. The Hall–Kier alpha value is -3.36. The molecule has 0 aliphatic carbocycles. The number of H-pyrrole nitrogens is 1. The van der Waals surface area contributed by atoms with Crippen LogP contribution >= 0.6 is 15.9 Å². The van der Waals surface area contributed by atoms with E-state index >= 15 is 0 Å². The maximum atomic E-state index is 13.1. The first kappa shape index (κ1) is 23.8. The average Bonchev–Trinajstić information content (AvgIpc) is 3.24. The standard InChI is InChI=1S/C26H24BrFN2O4/c1-33-24-11-17(10-21(27)25(24)34-15-16-6-8-19(28)9-7-16)13-29-23(26(31)32)12-18-14-30-22-5-3-2-4-20(18)22/h2-11,14,23,29-30H,12-13,15H2,1H3,(H,31,32)/t23-/m0/s1. The molecule has 0 saturated carbocycles. The second kappa shape index (κ2) is 10.7. The highest BCUT2D eigenvalue weighted by Gasteiger charge is 2.20. The Morgan fingerprint density at radius 3 is 2.65 bits per heavy atom. The molecule has 0 radical (unpaired) electrons. The molecule has 1 aromatic heterocycles. The number of hydrogen-bond acceptors (Lipinski definition) is 4. The summed E-state index contributed by atoms with van der Waals surface area (Å²) in [5, 5.41) is 13.9. The number of aliphatic carboxylic acids is 1. The van der Waals surface area contributed by atoms with Gasteiger partial charge in [-0.05, 0) is 63.0 Å². The summed E-state index contributed by atoms with van der Waals surface area (Å²) in [6.07, 6.45) is 2.20. The number of ether oxygens (including phenoxy) is 2. The van der Waals surface area contributed by atoms with Gasteiger partial charge in [0.15, 0.2) is 11.5 Å². The van der Waals surface area contributed by atoms with Gasteiger partial charge < -0.3 is 24.9 Å². The lowest BCUT2D eigenvalue weighted by Crippen LogP contribution is -2.38. The molecule has 0 fully saturated rings. The van der Waals surface area contributed by atoms with E-state index < -0.39 is 12.0 Å². The molecule has 4 rings (SSSR count). The molecule has 0 unspecified atom stereocenters. The highest BCUT2D eigenvalue weighted by Crippen LogP contribution is 2.37. The zero-order valence-electron chi connectivity index (χ0n) is 18.5. The molecule has 1 heterocycles. The van der Waals surface area contributed by atoms with Gasteiger partial charge in [0.25, 0.3) is 0 Å². The minimum absolute atomic E-state index is 0.249. The molecule has 34 heavy (non-hydrogen) atoms. The third-order valence-corrected chi connectivity index (χ3v) is 6.12. The fraction of sp³-hybridized carbons (Fsp3) is 0.192. The van der Waals surface area contributed by atoms with E-state index in [1.807, 2.05) is 42.6 Å². The molecule has 6 nitrogen and oxygen atoms in total. The fourth-order valence-corrected chi connectivity index (χ4v) is 4.36. The summed E-state index contributed by atoms with van der Waals surface area (Å²) in [6, 6.07) is 16.8. The summed E-state index contributed by atoms with van der Waals surface area (Å²) >= 11 is 3.52. The predicted molar refractivity (Wildman–Crippen MR) is 132 cm³/mol. The minimum atomic E-state index is -0.921. The number of para-hydroxylation sites is 1. The number of methoxy groups -OCH3 is 1. The van der Waals surface area contributed by atoms with Crippen molar-refractivity contribution in [2.24, 2.45) is 0 Å². The zero-order valence-corrected chi connectivity index (χ0v) is 20.1. The molecular formula is C26H24BrFN2O4. The van der Waals surface area contributed by atoms with Crippen LogP contribution in [0, 0.1) is 5.82 Å². The summed E-state index contributed by atoms with van der Waals surface area (Å²) in [5.41, 5.74) is 3.58. The highest BCUT2D eigenvalue weighted by molar-refractivity contribution is 9.10. The number of benzene rings is 3. The topological polar surface area (TPSA) is 83.6 Å². The number of carboxylic acid groups (broad SMARTS) is 1. The first-order valence-corrected chi connectivity index (χ1v) is 11.5. The van der Waals surface area contributed by atoms with Crippen LogP contribution < -0.4 is 14.8 Å². The normalized spacial score (nSPS) is 12.0. The van der Waals surface area contributed by atoms with E-state index in [2.05, 4.69) is 26.2 Å². The third kappa shape index (κ3) is 5.58. The Labute approximate surface area is 204 Å². The molecule has 176 valence electrons. The minimum Gasteiger partial charge on any atom is -0.493 e. The number of carboxylic acids is 1. The number of fused-ring (bicyclic) bond motifs is 1. The number of carbonyl (C=O) groups is 1. The number of aromatic amines is 1. The molecule has 0 aliphatic rings. The summed E-state index contributed by atoms with van der Waals surface area (Å²) < 4.78 is 25.2. The van der Waals surface area contributed by atoms with E-state index in [1.165, 1.54) is 12.1 Å². The Bertz CT molecular complexity index is 1290. The van der Waals surface area contributed by atoms with E-state index in [0.717, 1.165) is 27.6 Å². The van der Waals surface area contributed by atoms with Crippen LogP contribution in [0.15, 0.2) is 71.3 Å². The fourth-order valence-electron chi connectivity index (χ4n) is 3.76. The lowest BCUT2D eigenvalue weighted by Gasteiger charge is -2.17. The van der Waals surface area contributed by atoms with Crippen LogP contribution in [0.5, 0.6) is 11.5 Å². The average molecular weight is 527 g/mol. The first-order valence-electron chi connectivity index (χ1n) is 10.7. The van der Waals surface area contributed by atoms with Gasteiger partial charge in [0.1, 0.15) is 18.5 Å². The largest absolute Gasteiger partial charge is 0.493 e. The molecule has 0 spiro atoms. The van der Waals surface area contributed by atoms with Crippen molar-refractivity contribution < 1.29 is 23.8 Å². The molecular weight excluding hydrogens is 503 g/mol. The predicted octanol–water partition coefficient (Wildman–Crippen LogP) is 5.44. The van der Waals surface area contributed by atoms with Gasteiger partial charge >= 0.3 is 5.97 Å². The molecule has 4 aromatic rings. The first-order chi connectivity index (χ1) is 16.4. The van der Waals surface area contributed by atoms with Crippen molar-refractivity contribution >= 4 is 32.8 Å². The Morgan fingerprint density at radius 1 is 1.15 bits per heavy atom. The number of hydrogen-bond donors (Lipinski definition) is 3. The van der Waals surface area contributed by atoms with E-state index in [-0.39, 0.29) is 12.4 Å². The second-order valence-corrected chi connectivity index (χ2v) is 8.71. The van der Waals surface area contributed by atoms with Gasteiger partial charge in [-0.25, -0.2) is 4.39 Å². The van der Waals surface area contributed by atoms with Crippen molar-refractivity contribution in [3.63, 3.8) is 0 Å². The van der Waals surface area contributed by atoms with Crippen molar-refractivity contribution in [1.29, 1.82) is 0 Å². The van der Waals surface area contributed by atoms with Crippen LogP contribution in [0.1, 0.15) is 16.7 Å². The number of nitrogens with one attached hydrogen (secondary N) is 2. The van der Waals surface area contributed by atoms with Crippen LogP contribution in [-0.4, -0.2) is 29.2 Å². The Balaban J connectivity index is 1.45. The smallest absolute Gasteiger partial charge is 0.321 e. The van der Waals surface area contributed by atoms with Crippen LogP contribution in [0.3, 0.4) is 0 Å². The van der Waals surface area contributed by atoms with Crippen molar-refractivity contribution in [1.82, 2.24) is 10.3 Å². The molecule has 8 heteroatoms. The van der Waals surface area contributed by atoms with Crippen LogP contribution in [0.2, 0.25) is 0 Å². The molecule has 0 bridgehead atoms. The molecule has 1 atom stereocenters. The molecule has 0 aliphatic heterocycles. The summed E-state index contributed by atoms with van der Waals surface area (Å²) in [6.45, 7) is 0.574. The van der Waals surface area contributed by atoms with Gasteiger partial charge in [-0.2, -0.15) is 0 Å². The van der Waals surface area contributed by atoms with Gasteiger partial charge in [-0.3, -0.25) is 4.79 Å². The maximum Gasteiger partial charge on any atom is 0.321 e. The van der Waals surface area contributed by atoms with Gasteiger partial charge in [-0.1, -0.05) is 30.3 Å². The van der Waals surface area contributed by atoms with Crippen LogP contribution in [0.25, 0.3) is 10.9 Å². The second-order valence-electron chi connectivity index (χ2n) is 7.86. The van der Waals surface area contributed by atoms with Gasteiger partial charge in [0.05, 0.1) is 11.6 Å². The maximum absolute atomic E-state index is 13.1. The Kier molecular flexibility index (Phi) is 7.49. The number of aromatic nitrogens is 1. The summed E-state index contributed by atoms with van der Waals surface area (Å²) in [7, 11) is 1.54. The van der Waals surface area contributed by atoms with E-state index in [0.29, 0.717) is 28.9 Å². The lowest BCUT2D eigenvalue weighted by molar-refractivity contribution is -0.139. The van der Waals surface area contributed by atoms with Crippen molar-refractivity contribution in [2.45, 2.75) is 25.6 Å². The SMILES string of the molecule is COc1cc(CN[C@@H](Cc2c[nH]c3ccccc23)C(=O)O)cc(Br)c1OCc1ccc(F)cc1. The molecule has 3 aromatic carbocycles. The van der Waals surface area contributed by atoms with E-state index in [4.69, 9.17) is 9.47 Å². The molecule has 0 saturated heterocycles. The van der Waals surface area contributed by atoms with Gasteiger partial charge in [-0.15, -0.1) is 0 Å². The van der Waals surface area contributed by atoms with E-state index in [1.54, 1.807) is 19.2 Å². The monoisotopic (exact) mass is 526 g/mol. The Morgan fingerprint density at radius 2 is 1.91 bits per heavy atom. The molecule has 3 N–H and O–H groups in total. The van der Waals surface area contributed by atoms with Crippen molar-refractivity contribution in [3.8, 4) is 11.5 Å². The quantitative estimate of drug-likeness (QED) is 0.256. The van der Waals surface area contributed by atoms with Gasteiger partial charge in [0, 0.05) is 30.1 Å². The van der Waals surface area contributed by atoms with E-state index in [9.17, 15) is 14.3 Å². The highest BCUT2D eigenvalue weighted by atomic mass is 79.9. The van der Waals surface area contributed by atoms with Crippen molar-refractivity contribution in [2.75, 3.05) is 7.11 Å². The number of rotatable bonds is 10. The third-order valence-electron chi connectivity index (χ3n) is 5.54. The summed E-state index contributed by atoms with van der Waals surface area (Å²) in [4.78, 5) is 15.1. The van der Waals surface area contributed by atoms with Crippen LogP contribution in [-0.2, 0) is 24.4 Å². The summed E-state index contributed by atoms with van der Waals surface area (Å²) in [5.74, 6) is -0.194. The number of halogens is 2. The van der Waals surface area contributed by atoms with Gasteiger partial charge in [0.2, 0.25) is 0 Å².